The molecule has 0 bridgehead atoms. The molecule has 170 valence electrons. The summed E-state index contributed by atoms with van der Waals surface area (Å²) in [6.45, 7) is 3.87. The van der Waals surface area contributed by atoms with E-state index in [-0.39, 0.29) is 11.7 Å². The summed E-state index contributed by atoms with van der Waals surface area (Å²) >= 11 is 9.84. The van der Waals surface area contributed by atoms with Crippen LogP contribution in [0.1, 0.15) is 19.4 Å². The number of fused-ring (bicyclic) bond motifs is 2. The molecule has 0 fully saturated rings. The fraction of sp³-hybridized carbons (Fsp3) is 0.115. The van der Waals surface area contributed by atoms with Gasteiger partial charge in [0.15, 0.2) is 5.76 Å². The summed E-state index contributed by atoms with van der Waals surface area (Å²) in [6.07, 6.45) is 1.57. The van der Waals surface area contributed by atoms with Crippen LogP contribution in [0.5, 0.6) is 5.75 Å². The Hall–Kier alpha value is -3.42. The number of furan rings is 1. The molecule has 0 atom stereocenters. The predicted octanol–water partition coefficient (Wildman–Crippen LogP) is 6.90. The highest BCUT2D eigenvalue weighted by Gasteiger charge is 2.16. The van der Waals surface area contributed by atoms with Crippen LogP contribution in [-0.2, 0) is 0 Å². The van der Waals surface area contributed by atoms with Crippen LogP contribution in [-0.4, -0.2) is 22.0 Å². The van der Waals surface area contributed by atoms with Crippen LogP contribution in [0.3, 0.4) is 0 Å². The smallest absolute Gasteiger partial charge is 0.282 e. The van der Waals surface area contributed by atoms with E-state index < -0.39 is 0 Å². The molecule has 3 aromatic carbocycles. The molecule has 5 aromatic rings. The number of nitrogens with zero attached hydrogens (tertiary/aromatic N) is 3. The zero-order valence-corrected chi connectivity index (χ0v) is 20.7. The van der Waals surface area contributed by atoms with Crippen LogP contribution in [0, 0.1) is 0 Å². The van der Waals surface area contributed by atoms with Gasteiger partial charge in [0.05, 0.1) is 28.2 Å². The number of aromatic nitrogens is 2. The molecule has 6 nitrogen and oxygen atoms in total. The van der Waals surface area contributed by atoms with Crippen LogP contribution < -0.4 is 10.3 Å². The number of ether oxygens (including phenoxy) is 1. The molecule has 0 aliphatic heterocycles. The normalized spacial score (nSPS) is 11.8. The van der Waals surface area contributed by atoms with Crippen LogP contribution in [0.4, 0.5) is 0 Å². The van der Waals surface area contributed by atoms with Gasteiger partial charge in [-0.3, -0.25) is 4.79 Å². The molecule has 2 aromatic heterocycles. The van der Waals surface area contributed by atoms with Gasteiger partial charge in [-0.05, 0) is 74.0 Å². The van der Waals surface area contributed by atoms with Gasteiger partial charge in [-0.15, -0.1) is 0 Å². The lowest BCUT2D eigenvalue weighted by Crippen LogP contribution is -2.20. The lowest BCUT2D eigenvalue weighted by atomic mass is 10.2. The Kier molecular flexibility index (Phi) is 5.98. The maximum atomic E-state index is 13.4. The van der Waals surface area contributed by atoms with Gasteiger partial charge in [0.25, 0.3) is 5.56 Å². The van der Waals surface area contributed by atoms with Crippen molar-refractivity contribution in [2.75, 3.05) is 0 Å². The summed E-state index contributed by atoms with van der Waals surface area (Å²) in [5, 5.41) is 6.28. The second-order valence-electron chi connectivity index (χ2n) is 7.96. The van der Waals surface area contributed by atoms with Crippen molar-refractivity contribution in [3.63, 3.8) is 0 Å². The summed E-state index contributed by atoms with van der Waals surface area (Å²) in [6, 6.07) is 20.0. The molecule has 5 rings (SSSR count). The summed E-state index contributed by atoms with van der Waals surface area (Å²) in [4.78, 5) is 18.1. The van der Waals surface area contributed by atoms with Crippen molar-refractivity contribution >= 4 is 55.6 Å². The molecule has 0 saturated carbocycles. The first-order chi connectivity index (χ1) is 16.4. The second kappa shape index (κ2) is 9.08. The highest BCUT2D eigenvalue weighted by molar-refractivity contribution is 9.10. The average Bonchev–Trinajstić information content (AvgIpc) is 3.23. The molecule has 0 unspecified atom stereocenters. The number of para-hydroxylation sites is 1. The first-order valence-corrected chi connectivity index (χ1v) is 11.8. The monoisotopic (exact) mass is 535 g/mol. The van der Waals surface area contributed by atoms with Gasteiger partial charge in [0, 0.05) is 9.86 Å². The lowest BCUT2D eigenvalue weighted by Gasteiger charge is -2.11. The van der Waals surface area contributed by atoms with Crippen molar-refractivity contribution in [3.8, 4) is 17.3 Å². The van der Waals surface area contributed by atoms with Crippen LogP contribution in [0.2, 0.25) is 5.02 Å². The van der Waals surface area contributed by atoms with E-state index in [2.05, 4.69) is 21.0 Å². The van der Waals surface area contributed by atoms with Crippen LogP contribution >= 0.6 is 27.5 Å². The van der Waals surface area contributed by atoms with Gasteiger partial charge < -0.3 is 9.15 Å². The van der Waals surface area contributed by atoms with Gasteiger partial charge in [0.1, 0.15) is 11.3 Å². The lowest BCUT2D eigenvalue weighted by molar-refractivity contribution is 0.242. The van der Waals surface area contributed by atoms with E-state index in [1.54, 1.807) is 36.5 Å². The summed E-state index contributed by atoms with van der Waals surface area (Å²) in [7, 11) is 0. The zero-order chi connectivity index (χ0) is 23.8. The quantitative estimate of drug-likeness (QED) is 0.229. The van der Waals surface area contributed by atoms with E-state index in [0.717, 1.165) is 9.86 Å². The van der Waals surface area contributed by atoms with Gasteiger partial charge in [0.2, 0.25) is 5.82 Å². The summed E-state index contributed by atoms with van der Waals surface area (Å²) < 4.78 is 13.9. The zero-order valence-electron chi connectivity index (χ0n) is 18.3. The Morgan fingerprint density at radius 2 is 1.94 bits per heavy atom. The number of hydrogen-bond acceptors (Lipinski definition) is 5. The Morgan fingerprint density at radius 1 is 1.12 bits per heavy atom. The van der Waals surface area contributed by atoms with E-state index in [1.807, 2.05) is 50.2 Å². The molecule has 0 aliphatic rings. The van der Waals surface area contributed by atoms with Gasteiger partial charge in [-0.2, -0.15) is 9.78 Å². The van der Waals surface area contributed by atoms with Gasteiger partial charge in [-0.25, -0.2) is 4.98 Å². The molecule has 0 saturated heterocycles. The molecule has 0 amide bonds. The largest absolute Gasteiger partial charge is 0.489 e. The Morgan fingerprint density at radius 3 is 2.74 bits per heavy atom. The fourth-order valence-corrected chi connectivity index (χ4v) is 4.20. The molecule has 34 heavy (non-hydrogen) atoms. The third-order valence-electron chi connectivity index (χ3n) is 5.09. The molecular formula is C26H19BrClN3O3. The van der Waals surface area contributed by atoms with E-state index in [1.165, 1.54) is 4.68 Å². The molecular weight excluding hydrogens is 518 g/mol. The van der Waals surface area contributed by atoms with Crippen molar-refractivity contribution in [3.05, 3.63) is 92.1 Å². The standard InChI is InChI=1S/C26H19BrClN3O3/c1-15(2)33-23-9-7-16(11-20(23)28)14-29-31-25(30-21-6-4-3-5-19(21)26(31)32)24-13-17-12-18(27)8-10-22(17)34-24/h3-15H,1-2H3. The number of halogens is 2. The van der Waals surface area contributed by atoms with Crippen molar-refractivity contribution in [1.29, 1.82) is 0 Å². The third-order valence-corrected chi connectivity index (χ3v) is 5.88. The minimum Gasteiger partial charge on any atom is -0.489 e. The summed E-state index contributed by atoms with van der Waals surface area (Å²) in [5.74, 6) is 1.33. The number of hydrogen-bond donors (Lipinski definition) is 0. The molecule has 2 heterocycles. The highest BCUT2D eigenvalue weighted by atomic mass is 79.9. The molecule has 0 aliphatic carbocycles. The Balaban J connectivity index is 1.64. The van der Waals surface area contributed by atoms with E-state index in [4.69, 9.17) is 25.7 Å². The van der Waals surface area contributed by atoms with Gasteiger partial charge >= 0.3 is 0 Å². The van der Waals surface area contributed by atoms with Crippen molar-refractivity contribution in [2.45, 2.75) is 20.0 Å². The number of rotatable bonds is 5. The first-order valence-electron chi connectivity index (χ1n) is 10.6. The molecule has 0 spiro atoms. The van der Waals surface area contributed by atoms with E-state index in [9.17, 15) is 4.79 Å². The van der Waals surface area contributed by atoms with Gasteiger partial charge in [-0.1, -0.05) is 39.7 Å². The third kappa shape index (κ3) is 4.36. The Labute approximate surface area is 208 Å². The number of benzene rings is 3. The summed E-state index contributed by atoms with van der Waals surface area (Å²) in [5.41, 5.74) is 1.66. The first kappa shape index (κ1) is 22.4. The minimum absolute atomic E-state index is 0.00580. The van der Waals surface area contributed by atoms with E-state index in [0.29, 0.717) is 44.4 Å². The predicted molar refractivity (Wildman–Crippen MR) is 139 cm³/mol. The maximum absolute atomic E-state index is 13.4. The SMILES string of the molecule is CC(C)Oc1ccc(C=Nn2c(-c3cc4cc(Br)ccc4o3)nc3ccccc3c2=O)cc1Cl. The topological polar surface area (TPSA) is 69.6 Å². The van der Waals surface area contributed by atoms with Crippen molar-refractivity contribution < 1.29 is 9.15 Å². The van der Waals surface area contributed by atoms with E-state index >= 15 is 0 Å². The van der Waals surface area contributed by atoms with Crippen LogP contribution in [0.15, 0.2) is 85.5 Å². The Bertz CT molecular complexity index is 1620. The molecule has 0 N–H and O–H groups in total. The van der Waals surface area contributed by atoms with Crippen molar-refractivity contribution in [2.24, 2.45) is 5.10 Å². The van der Waals surface area contributed by atoms with Crippen LogP contribution in [0.25, 0.3) is 33.5 Å². The second-order valence-corrected chi connectivity index (χ2v) is 9.29. The maximum Gasteiger partial charge on any atom is 0.282 e. The molecule has 8 heteroatoms. The highest BCUT2D eigenvalue weighted by Crippen LogP contribution is 2.29. The fourth-order valence-electron chi connectivity index (χ4n) is 3.59. The molecule has 0 radical (unpaired) electrons. The average molecular weight is 537 g/mol. The van der Waals surface area contributed by atoms with Crippen molar-refractivity contribution in [1.82, 2.24) is 9.66 Å². The minimum atomic E-state index is -0.302.